The van der Waals surface area contributed by atoms with Crippen molar-refractivity contribution in [2.75, 3.05) is 0 Å². The maximum absolute atomic E-state index is 8.84. The summed E-state index contributed by atoms with van der Waals surface area (Å²) in [6.45, 7) is 5.15. The summed E-state index contributed by atoms with van der Waals surface area (Å²) in [7, 11) is -0.685. The molecule has 0 aliphatic rings. The Bertz CT molecular complexity index is 1370. The zero-order valence-electron chi connectivity index (χ0n) is 21.5. The highest BCUT2D eigenvalue weighted by atomic mass is 28.3. The molecule has 0 saturated heterocycles. The number of aromatic nitrogens is 4. The van der Waals surface area contributed by atoms with E-state index in [1.807, 2.05) is 38.7 Å². The molecular formula is C20H25N4OSi+. The minimum atomic E-state index is -2.44. The molecule has 5 nitrogen and oxygen atoms in total. The molecule has 0 bridgehead atoms. The van der Waals surface area contributed by atoms with Crippen molar-refractivity contribution in [2.24, 2.45) is 7.05 Å². The molecule has 0 N–H and O–H groups in total. The van der Waals surface area contributed by atoms with Gasteiger partial charge in [0.25, 0.3) is 0 Å². The van der Waals surface area contributed by atoms with Crippen molar-refractivity contribution in [1.29, 1.82) is 0 Å². The van der Waals surface area contributed by atoms with Crippen LogP contribution in [0.5, 0.6) is 0 Å². The minimum Gasteiger partial charge on any atom is -0.422 e. The molecular weight excluding hydrogens is 340 g/mol. The summed E-state index contributed by atoms with van der Waals surface area (Å²) in [6.07, 6.45) is 1.49. The molecule has 0 aliphatic heterocycles. The largest absolute Gasteiger partial charge is 0.422 e. The average molecular weight is 372 g/mol. The molecule has 4 aromatic rings. The SMILES string of the molecule is [2H]c1nnc2oc3cc(-c4cc(C([2H])([2H])[Si](C)(C)C)c(C([2H])([2H])[2H])c[n+]4C)c(C)cc3n12. The van der Waals surface area contributed by atoms with Crippen molar-refractivity contribution in [3.8, 4) is 11.3 Å². The lowest BCUT2D eigenvalue weighted by atomic mass is 10.0. The quantitative estimate of drug-likeness (QED) is 0.404. The Labute approximate surface area is 162 Å². The second-order valence-corrected chi connectivity index (χ2v) is 12.4. The Hall–Kier alpha value is -2.47. The van der Waals surface area contributed by atoms with Crippen LogP contribution in [-0.2, 0) is 13.0 Å². The first-order valence-corrected chi connectivity index (χ1v) is 11.9. The van der Waals surface area contributed by atoms with Gasteiger partial charge in [0.2, 0.25) is 5.69 Å². The summed E-state index contributed by atoms with van der Waals surface area (Å²) in [4.78, 5) is 0. The first-order chi connectivity index (χ1) is 14.6. The van der Waals surface area contributed by atoms with E-state index in [0.717, 1.165) is 11.1 Å². The smallest absolute Gasteiger partial charge is 0.327 e. The number of benzene rings is 1. The van der Waals surface area contributed by atoms with Gasteiger partial charge in [0.1, 0.15) is 14.7 Å². The van der Waals surface area contributed by atoms with Crippen LogP contribution in [0, 0.1) is 13.8 Å². The second-order valence-electron chi connectivity index (χ2n) is 7.63. The van der Waals surface area contributed by atoms with Crippen molar-refractivity contribution >= 4 is 25.0 Å². The maximum atomic E-state index is 8.84. The van der Waals surface area contributed by atoms with Gasteiger partial charge < -0.3 is 4.42 Å². The van der Waals surface area contributed by atoms with Crippen LogP contribution in [0.1, 0.15) is 24.9 Å². The van der Waals surface area contributed by atoms with Gasteiger partial charge in [-0.2, -0.15) is 0 Å². The van der Waals surface area contributed by atoms with Gasteiger partial charge in [0, 0.05) is 26.6 Å². The number of hydrogen-bond donors (Lipinski definition) is 0. The van der Waals surface area contributed by atoms with Crippen molar-refractivity contribution in [2.45, 2.75) is 39.4 Å². The first kappa shape index (κ1) is 11.3. The van der Waals surface area contributed by atoms with Gasteiger partial charge in [-0.15, -0.1) is 5.10 Å². The molecule has 0 spiro atoms. The van der Waals surface area contributed by atoms with Gasteiger partial charge >= 0.3 is 5.84 Å². The van der Waals surface area contributed by atoms with Gasteiger partial charge in [-0.3, -0.25) is 0 Å². The monoisotopic (exact) mass is 371 g/mol. The van der Waals surface area contributed by atoms with Crippen molar-refractivity contribution in [3.05, 3.63) is 47.4 Å². The van der Waals surface area contributed by atoms with E-state index in [9.17, 15) is 0 Å². The Kier molecular flexibility index (Phi) is 2.51. The van der Waals surface area contributed by atoms with Crippen LogP contribution in [0.25, 0.3) is 28.2 Å². The predicted molar refractivity (Wildman–Crippen MR) is 106 cm³/mol. The van der Waals surface area contributed by atoms with E-state index in [1.54, 1.807) is 17.7 Å². The average Bonchev–Trinajstić information content (AvgIpc) is 3.18. The molecule has 4 rings (SSSR count). The van der Waals surface area contributed by atoms with Crippen LogP contribution >= 0.6 is 0 Å². The van der Waals surface area contributed by atoms with E-state index in [-0.39, 0.29) is 23.3 Å². The first-order valence-electron chi connectivity index (χ1n) is 11.4. The zero-order valence-corrected chi connectivity index (χ0v) is 16.5. The van der Waals surface area contributed by atoms with E-state index in [0.29, 0.717) is 16.8 Å². The summed E-state index contributed by atoms with van der Waals surface area (Å²) < 4.78 is 58.6. The van der Waals surface area contributed by atoms with Crippen LogP contribution in [0.15, 0.2) is 35.1 Å². The number of aryl methyl sites for hydroxylation is 3. The van der Waals surface area contributed by atoms with E-state index in [4.69, 9.17) is 12.6 Å². The Balaban J connectivity index is 2.02. The summed E-state index contributed by atoms with van der Waals surface area (Å²) in [5, 5.41) is 7.58. The number of fused-ring (bicyclic) bond motifs is 3. The highest BCUT2D eigenvalue weighted by Gasteiger charge is 2.22. The third-order valence-corrected chi connectivity index (χ3v) is 5.30. The Morgan fingerprint density at radius 1 is 1.31 bits per heavy atom. The van der Waals surface area contributed by atoms with Crippen LogP contribution in [0.3, 0.4) is 0 Å². The fourth-order valence-electron chi connectivity index (χ4n) is 3.15. The molecule has 0 radical (unpaired) electrons. The molecule has 0 atom stereocenters. The van der Waals surface area contributed by atoms with E-state index < -0.39 is 20.9 Å². The maximum Gasteiger partial charge on any atom is 0.327 e. The molecule has 0 saturated carbocycles. The summed E-state index contributed by atoms with van der Waals surface area (Å²) in [5.41, 5.74) is 3.72. The van der Waals surface area contributed by atoms with E-state index in [2.05, 4.69) is 10.2 Å². The van der Waals surface area contributed by atoms with Crippen LogP contribution < -0.4 is 4.57 Å². The van der Waals surface area contributed by atoms with Gasteiger partial charge in [0.15, 0.2) is 11.8 Å². The molecule has 0 fully saturated rings. The molecule has 1 aromatic carbocycles. The molecule has 26 heavy (non-hydrogen) atoms. The van der Waals surface area contributed by atoms with E-state index >= 15 is 0 Å². The number of nitrogens with zero attached hydrogens (tertiary/aromatic N) is 4. The topological polar surface area (TPSA) is 47.2 Å². The van der Waals surface area contributed by atoms with Crippen LogP contribution in [0.2, 0.25) is 19.6 Å². The summed E-state index contributed by atoms with van der Waals surface area (Å²) in [5.74, 6) is -1.53. The molecule has 3 heterocycles. The standard InChI is InChI=1S/C20H25N4OSi/c1-13-7-18-19(25-20-22-21-12-24(18)20)9-16(13)17-8-15(11-26(4,5)6)14(2)10-23(17)3/h7-10,12H,11H2,1-6H3/q+1/i2D3,11D2,12D. The van der Waals surface area contributed by atoms with Crippen LogP contribution in [-0.4, -0.2) is 22.7 Å². The summed E-state index contributed by atoms with van der Waals surface area (Å²) in [6, 6.07) is 5.35. The van der Waals surface area contributed by atoms with Crippen molar-refractivity contribution < 1.29 is 17.2 Å². The fourth-order valence-corrected chi connectivity index (χ4v) is 4.16. The molecule has 134 valence electrons. The molecule has 0 aliphatic carbocycles. The van der Waals surface area contributed by atoms with Gasteiger partial charge in [-0.1, -0.05) is 24.7 Å². The predicted octanol–water partition coefficient (Wildman–Crippen LogP) is 4.00. The zero-order chi connectivity index (χ0) is 23.8. The highest BCUT2D eigenvalue weighted by molar-refractivity contribution is 6.75. The van der Waals surface area contributed by atoms with Gasteiger partial charge in [0.05, 0.1) is 11.1 Å². The fraction of sp³-hybridized carbons (Fsp3) is 0.350. The van der Waals surface area contributed by atoms with Crippen LogP contribution in [0.4, 0.5) is 0 Å². The number of rotatable bonds is 3. The number of pyridine rings is 1. The second kappa shape index (κ2) is 5.77. The third-order valence-electron chi connectivity index (χ3n) is 4.28. The van der Waals surface area contributed by atoms with Gasteiger partial charge in [-0.05, 0) is 43.0 Å². The van der Waals surface area contributed by atoms with Crippen molar-refractivity contribution in [3.63, 3.8) is 0 Å². The Morgan fingerprint density at radius 2 is 2.12 bits per heavy atom. The molecule has 0 unspecified atom stereocenters. The van der Waals surface area contributed by atoms with Gasteiger partial charge in [-0.25, -0.2) is 8.97 Å². The number of hydrogen-bond acceptors (Lipinski definition) is 3. The third kappa shape index (κ3) is 2.84. The molecule has 6 heteroatoms. The summed E-state index contributed by atoms with van der Waals surface area (Å²) >= 11 is 0. The lowest BCUT2D eigenvalue weighted by Gasteiger charge is -2.17. The Morgan fingerprint density at radius 3 is 2.85 bits per heavy atom. The minimum absolute atomic E-state index is 0.0240. The lowest BCUT2D eigenvalue weighted by molar-refractivity contribution is -0.660. The molecule has 0 amide bonds. The highest BCUT2D eigenvalue weighted by Crippen LogP contribution is 2.29. The molecule has 3 aromatic heterocycles. The lowest BCUT2D eigenvalue weighted by Crippen LogP contribution is -2.33. The number of oxazole rings is 1. The van der Waals surface area contributed by atoms with E-state index in [1.165, 1.54) is 10.6 Å². The normalized spacial score (nSPS) is 16.8. The van der Waals surface area contributed by atoms with Crippen molar-refractivity contribution in [1.82, 2.24) is 14.6 Å².